The van der Waals surface area contributed by atoms with Crippen LogP contribution in [0.1, 0.15) is 86.7 Å². The van der Waals surface area contributed by atoms with Gasteiger partial charge in [-0.05, 0) is 62.3 Å². The van der Waals surface area contributed by atoms with Gasteiger partial charge in [0.2, 0.25) is 0 Å². The van der Waals surface area contributed by atoms with Crippen molar-refractivity contribution in [3.8, 4) is 5.75 Å². The van der Waals surface area contributed by atoms with Gasteiger partial charge in [0.25, 0.3) is 0 Å². The van der Waals surface area contributed by atoms with Crippen molar-refractivity contribution in [3.63, 3.8) is 0 Å². The highest BCUT2D eigenvalue weighted by atomic mass is 16.5. The van der Waals surface area contributed by atoms with Gasteiger partial charge in [-0.1, -0.05) is 56.3 Å². The van der Waals surface area contributed by atoms with Crippen molar-refractivity contribution in [3.05, 3.63) is 77.4 Å². The van der Waals surface area contributed by atoms with Gasteiger partial charge in [-0.2, -0.15) is 0 Å². The molecule has 1 aromatic heterocycles. The Morgan fingerprint density at radius 1 is 0.943 bits per heavy atom. The molecule has 186 valence electrons. The number of aromatic nitrogens is 3. The molecule has 3 atom stereocenters. The van der Waals surface area contributed by atoms with Gasteiger partial charge in [0.15, 0.2) is 0 Å². The number of nitrogens with two attached hydrogens (primary N) is 1. The van der Waals surface area contributed by atoms with E-state index >= 15 is 0 Å². The number of hydrogen-bond donors (Lipinski definition) is 1. The van der Waals surface area contributed by atoms with E-state index in [9.17, 15) is 0 Å². The molecule has 6 heteroatoms. The van der Waals surface area contributed by atoms with Crippen molar-refractivity contribution in [2.45, 2.75) is 89.6 Å². The third kappa shape index (κ3) is 5.29. The Balaban J connectivity index is 1.15. The molecule has 2 aromatic carbocycles. The normalized spacial score (nSPS) is 23.1. The van der Waals surface area contributed by atoms with E-state index in [1.807, 2.05) is 30.3 Å². The molecule has 2 bridgehead atoms. The molecule has 3 aromatic rings. The van der Waals surface area contributed by atoms with E-state index in [0.29, 0.717) is 30.7 Å². The quantitative estimate of drug-likeness (QED) is 0.441. The summed E-state index contributed by atoms with van der Waals surface area (Å²) in [6.45, 7) is 8.18. The zero-order chi connectivity index (χ0) is 24.4. The zero-order valence-electron chi connectivity index (χ0n) is 21.3. The molecule has 2 N–H and O–H groups in total. The first-order valence-corrected chi connectivity index (χ1v) is 13.2. The Morgan fingerprint density at radius 3 is 2.29 bits per heavy atom. The van der Waals surface area contributed by atoms with Gasteiger partial charge in [-0.25, -0.2) is 0 Å². The summed E-state index contributed by atoms with van der Waals surface area (Å²) in [6, 6.07) is 20.4. The molecule has 3 unspecified atom stereocenters. The lowest BCUT2D eigenvalue weighted by Crippen LogP contribution is -2.44. The molecular formula is C29H39N5O. The molecule has 0 radical (unpaired) electrons. The molecule has 0 aliphatic carbocycles. The highest BCUT2D eigenvalue weighted by molar-refractivity contribution is 5.29. The number of aryl methyl sites for hydroxylation is 1. The maximum atomic E-state index is 6.63. The van der Waals surface area contributed by atoms with Gasteiger partial charge in [-0.3, -0.25) is 4.90 Å². The molecule has 0 amide bonds. The summed E-state index contributed by atoms with van der Waals surface area (Å²) in [4.78, 5) is 2.74. The van der Waals surface area contributed by atoms with Gasteiger partial charge in [-0.15, -0.1) is 10.2 Å². The van der Waals surface area contributed by atoms with Crippen LogP contribution in [0.15, 0.2) is 54.6 Å². The van der Waals surface area contributed by atoms with Crippen LogP contribution in [0.5, 0.6) is 5.75 Å². The molecule has 2 aliphatic heterocycles. The van der Waals surface area contributed by atoms with E-state index in [1.165, 1.54) is 36.8 Å². The SMILES string of the molecule is Cc1nnc(C(C)C)n1C1CC2CCC(C1)N2CCC(N)c1ccc(OCc2ccccc2)cc1. The van der Waals surface area contributed by atoms with E-state index in [-0.39, 0.29) is 6.04 Å². The van der Waals surface area contributed by atoms with Crippen molar-refractivity contribution < 1.29 is 4.74 Å². The van der Waals surface area contributed by atoms with Crippen molar-refractivity contribution in [2.24, 2.45) is 5.73 Å². The Kier molecular flexibility index (Phi) is 7.21. The van der Waals surface area contributed by atoms with E-state index in [2.05, 4.69) is 64.7 Å². The highest BCUT2D eigenvalue weighted by Gasteiger charge is 2.42. The van der Waals surface area contributed by atoms with Crippen LogP contribution in [0, 0.1) is 6.92 Å². The van der Waals surface area contributed by atoms with Crippen LogP contribution >= 0.6 is 0 Å². The highest BCUT2D eigenvalue weighted by Crippen LogP contribution is 2.42. The Morgan fingerprint density at radius 2 is 1.63 bits per heavy atom. The summed E-state index contributed by atoms with van der Waals surface area (Å²) in [5.74, 6) is 3.48. The van der Waals surface area contributed by atoms with Crippen LogP contribution in [-0.2, 0) is 6.61 Å². The van der Waals surface area contributed by atoms with Crippen LogP contribution in [0.3, 0.4) is 0 Å². The van der Waals surface area contributed by atoms with Crippen LogP contribution in [0.25, 0.3) is 0 Å². The molecule has 3 heterocycles. The second kappa shape index (κ2) is 10.5. The van der Waals surface area contributed by atoms with Gasteiger partial charge < -0.3 is 15.0 Å². The molecular weight excluding hydrogens is 434 g/mol. The summed E-state index contributed by atoms with van der Waals surface area (Å²) in [7, 11) is 0. The maximum absolute atomic E-state index is 6.63. The molecule has 5 rings (SSSR count). The molecule has 0 spiro atoms. The number of ether oxygens (including phenoxy) is 1. The third-order valence-corrected chi connectivity index (χ3v) is 7.89. The standard InChI is InChI=1S/C29H39N5O/c1-20(2)29-32-31-21(3)34(29)26-17-24-11-12-25(18-26)33(24)16-15-28(30)23-9-13-27(14-10-23)35-19-22-7-5-4-6-8-22/h4-10,13-14,20,24-26,28H,11-12,15-19,30H2,1-3H3. The van der Waals surface area contributed by atoms with E-state index in [1.54, 1.807) is 0 Å². The number of nitrogens with zero attached hydrogens (tertiary/aromatic N) is 4. The summed E-state index contributed by atoms with van der Waals surface area (Å²) >= 11 is 0. The molecule has 35 heavy (non-hydrogen) atoms. The minimum absolute atomic E-state index is 0.0444. The predicted octanol–water partition coefficient (Wildman–Crippen LogP) is 5.55. The number of benzene rings is 2. The van der Waals surface area contributed by atoms with E-state index < -0.39 is 0 Å². The fraction of sp³-hybridized carbons (Fsp3) is 0.517. The minimum Gasteiger partial charge on any atom is -0.489 e. The average Bonchev–Trinajstić information content (AvgIpc) is 3.37. The molecule has 0 saturated carbocycles. The lowest BCUT2D eigenvalue weighted by atomic mass is 9.95. The van der Waals surface area contributed by atoms with Gasteiger partial charge in [0.05, 0.1) is 0 Å². The minimum atomic E-state index is 0.0444. The van der Waals surface area contributed by atoms with E-state index in [0.717, 1.165) is 30.4 Å². The van der Waals surface area contributed by atoms with Crippen molar-refractivity contribution in [1.82, 2.24) is 19.7 Å². The molecule has 6 nitrogen and oxygen atoms in total. The second-order valence-electron chi connectivity index (χ2n) is 10.6. The fourth-order valence-electron chi connectivity index (χ4n) is 6.06. The first-order valence-electron chi connectivity index (χ1n) is 13.2. The summed E-state index contributed by atoms with van der Waals surface area (Å²) < 4.78 is 8.36. The average molecular weight is 474 g/mol. The smallest absolute Gasteiger partial charge is 0.135 e. The predicted molar refractivity (Wildman–Crippen MR) is 139 cm³/mol. The topological polar surface area (TPSA) is 69.2 Å². The van der Waals surface area contributed by atoms with Crippen LogP contribution in [0.4, 0.5) is 0 Å². The Labute approximate surface area is 209 Å². The number of hydrogen-bond acceptors (Lipinski definition) is 5. The lowest BCUT2D eigenvalue weighted by molar-refractivity contribution is 0.101. The Hall–Kier alpha value is -2.70. The number of fused-ring (bicyclic) bond motifs is 2. The maximum Gasteiger partial charge on any atom is 0.135 e. The second-order valence-corrected chi connectivity index (χ2v) is 10.6. The van der Waals surface area contributed by atoms with Gasteiger partial charge in [0, 0.05) is 36.6 Å². The largest absolute Gasteiger partial charge is 0.489 e. The summed E-state index contributed by atoms with van der Waals surface area (Å²) in [5.41, 5.74) is 8.98. The third-order valence-electron chi connectivity index (χ3n) is 7.89. The molecule has 2 aliphatic rings. The summed E-state index contributed by atoms with van der Waals surface area (Å²) in [5, 5.41) is 8.88. The van der Waals surface area contributed by atoms with Crippen molar-refractivity contribution >= 4 is 0 Å². The molecule has 2 fully saturated rings. The fourth-order valence-corrected chi connectivity index (χ4v) is 6.06. The number of rotatable bonds is 9. The number of piperidine rings is 1. The van der Waals surface area contributed by atoms with Crippen molar-refractivity contribution in [2.75, 3.05) is 6.54 Å². The first-order chi connectivity index (χ1) is 17.0. The zero-order valence-corrected chi connectivity index (χ0v) is 21.3. The van der Waals surface area contributed by atoms with E-state index in [4.69, 9.17) is 10.5 Å². The first kappa shape index (κ1) is 24.0. The monoisotopic (exact) mass is 473 g/mol. The Bertz CT molecular complexity index is 1080. The lowest BCUT2D eigenvalue weighted by Gasteiger charge is -2.40. The van der Waals surface area contributed by atoms with Gasteiger partial charge in [0.1, 0.15) is 24.0 Å². The van der Waals surface area contributed by atoms with Crippen molar-refractivity contribution in [1.29, 1.82) is 0 Å². The van der Waals surface area contributed by atoms with Gasteiger partial charge >= 0.3 is 0 Å². The van der Waals surface area contributed by atoms with Crippen LogP contribution in [-0.4, -0.2) is 38.3 Å². The van der Waals surface area contributed by atoms with Crippen LogP contribution < -0.4 is 10.5 Å². The van der Waals surface area contributed by atoms with Crippen LogP contribution in [0.2, 0.25) is 0 Å². The summed E-state index contributed by atoms with van der Waals surface area (Å²) in [6.07, 6.45) is 5.95. The molecule has 2 saturated heterocycles.